The van der Waals surface area contributed by atoms with E-state index in [2.05, 4.69) is 4.74 Å². The van der Waals surface area contributed by atoms with Crippen molar-refractivity contribution in [1.29, 1.82) is 0 Å². The van der Waals surface area contributed by atoms with Crippen molar-refractivity contribution in [2.24, 2.45) is 0 Å². The Balaban J connectivity index is 2.77. The van der Waals surface area contributed by atoms with Crippen molar-refractivity contribution in [3.05, 3.63) is 29.8 Å². The fourth-order valence-electron chi connectivity index (χ4n) is 0.815. The maximum absolute atomic E-state index is 11.6. The van der Waals surface area contributed by atoms with Crippen molar-refractivity contribution < 1.29 is 18.3 Å². The third-order valence-electron chi connectivity index (χ3n) is 1.32. The summed E-state index contributed by atoms with van der Waals surface area (Å²) in [5.74, 6) is -1.08. The number of esters is 1. The Bertz CT molecular complexity index is 315. The second-order valence-electron chi connectivity index (χ2n) is 2.29. The molecule has 0 aliphatic heterocycles. The number of nitrogen functional groups attached to an aromatic ring is 1. The number of anilines is 1. The van der Waals surface area contributed by atoms with Crippen LogP contribution in [0.25, 0.3) is 0 Å². The number of ether oxygens (including phenoxy) is 1. The zero-order valence-corrected chi connectivity index (χ0v) is 6.54. The largest absolute Gasteiger partial charge is 0.399 e. The van der Waals surface area contributed by atoms with Crippen LogP contribution in [0.1, 0.15) is 10.4 Å². The molecule has 0 atom stereocenters. The summed E-state index contributed by atoms with van der Waals surface area (Å²) >= 11 is 0. The van der Waals surface area contributed by atoms with E-state index in [4.69, 9.17) is 5.73 Å². The molecule has 70 valence electrons. The molecule has 0 fully saturated rings. The van der Waals surface area contributed by atoms with Crippen molar-refractivity contribution >= 4 is 11.7 Å². The zero-order chi connectivity index (χ0) is 9.84. The van der Waals surface area contributed by atoms with Gasteiger partial charge in [0.05, 0.1) is 5.56 Å². The fourth-order valence-corrected chi connectivity index (χ4v) is 0.815. The summed E-state index contributed by atoms with van der Waals surface area (Å²) < 4.78 is 26.9. The standard InChI is InChI=1S/C8H7F2NO2/c9-8(10)13-7(12)5-2-1-3-6(11)4-5/h1-4,8H,11H2. The molecule has 0 bridgehead atoms. The molecular formula is C8H7F2NO2. The van der Waals surface area contributed by atoms with Gasteiger partial charge in [0.25, 0.3) is 0 Å². The van der Waals surface area contributed by atoms with Crippen molar-refractivity contribution in [3.8, 4) is 0 Å². The highest BCUT2D eigenvalue weighted by Gasteiger charge is 2.12. The highest BCUT2D eigenvalue weighted by atomic mass is 19.3. The predicted octanol–water partition coefficient (Wildman–Crippen LogP) is 1.65. The van der Waals surface area contributed by atoms with Crippen LogP contribution in [0.2, 0.25) is 0 Å². The lowest BCUT2D eigenvalue weighted by atomic mass is 10.2. The Kier molecular flexibility index (Phi) is 2.79. The summed E-state index contributed by atoms with van der Waals surface area (Å²) in [6.07, 6.45) is 0. The van der Waals surface area contributed by atoms with Gasteiger partial charge in [-0.15, -0.1) is 0 Å². The van der Waals surface area contributed by atoms with Crippen molar-refractivity contribution in [3.63, 3.8) is 0 Å². The van der Waals surface area contributed by atoms with Gasteiger partial charge in [0.1, 0.15) is 0 Å². The molecule has 0 spiro atoms. The second-order valence-corrected chi connectivity index (χ2v) is 2.29. The Morgan fingerprint density at radius 2 is 2.15 bits per heavy atom. The van der Waals surface area contributed by atoms with E-state index in [-0.39, 0.29) is 5.56 Å². The van der Waals surface area contributed by atoms with E-state index in [0.29, 0.717) is 5.69 Å². The molecule has 0 heterocycles. The number of carbonyl (C=O) groups excluding carboxylic acids is 1. The smallest absolute Gasteiger partial charge is 0.389 e. The van der Waals surface area contributed by atoms with Gasteiger partial charge in [-0.25, -0.2) is 4.79 Å². The van der Waals surface area contributed by atoms with E-state index in [9.17, 15) is 13.6 Å². The Labute approximate surface area is 73.1 Å². The molecule has 1 aromatic rings. The van der Waals surface area contributed by atoms with Gasteiger partial charge in [-0.2, -0.15) is 8.78 Å². The molecular weight excluding hydrogens is 180 g/mol. The molecule has 0 aromatic heterocycles. The lowest BCUT2D eigenvalue weighted by Gasteiger charge is -2.02. The maximum Gasteiger partial charge on any atom is 0.389 e. The van der Waals surface area contributed by atoms with Gasteiger partial charge >= 0.3 is 12.6 Å². The topological polar surface area (TPSA) is 52.3 Å². The highest BCUT2D eigenvalue weighted by molar-refractivity contribution is 5.90. The second kappa shape index (κ2) is 3.84. The quantitative estimate of drug-likeness (QED) is 0.565. The summed E-state index contributed by atoms with van der Waals surface area (Å²) in [4.78, 5) is 10.8. The van der Waals surface area contributed by atoms with Gasteiger partial charge in [0, 0.05) is 5.69 Å². The van der Waals surface area contributed by atoms with Crippen molar-refractivity contribution in [2.45, 2.75) is 6.61 Å². The molecule has 0 saturated carbocycles. The number of alkyl halides is 2. The van der Waals surface area contributed by atoms with Crippen LogP contribution in [0.3, 0.4) is 0 Å². The molecule has 1 aromatic carbocycles. The highest BCUT2D eigenvalue weighted by Crippen LogP contribution is 2.09. The Morgan fingerprint density at radius 1 is 1.46 bits per heavy atom. The third kappa shape index (κ3) is 2.70. The van der Waals surface area contributed by atoms with Gasteiger partial charge < -0.3 is 10.5 Å². The van der Waals surface area contributed by atoms with E-state index >= 15 is 0 Å². The lowest BCUT2D eigenvalue weighted by Crippen LogP contribution is -2.09. The molecule has 0 aliphatic rings. The number of rotatable bonds is 2. The number of hydrogen-bond acceptors (Lipinski definition) is 3. The van der Waals surface area contributed by atoms with E-state index < -0.39 is 12.6 Å². The first-order valence-corrected chi connectivity index (χ1v) is 3.44. The zero-order valence-electron chi connectivity index (χ0n) is 6.54. The van der Waals surface area contributed by atoms with Crippen LogP contribution in [-0.4, -0.2) is 12.6 Å². The fraction of sp³-hybridized carbons (Fsp3) is 0.125. The molecule has 2 N–H and O–H groups in total. The average molecular weight is 187 g/mol. The predicted molar refractivity (Wildman–Crippen MR) is 42.3 cm³/mol. The van der Waals surface area contributed by atoms with E-state index in [1.807, 2.05) is 0 Å². The molecule has 13 heavy (non-hydrogen) atoms. The molecule has 5 heteroatoms. The Hall–Kier alpha value is -1.65. The number of nitrogens with two attached hydrogens (primary N) is 1. The number of hydrogen-bond donors (Lipinski definition) is 1. The molecule has 3 nitrogen and oxygen atoms in total. The van der Waals surface area contributed by atoms with Gasteiger partial charge in [0.15, 0.2) is 0 Å². The summed E-state index contributed by atoms with van der Waals surface area (Å²) in [7, 11) is 0. The first kappa shape index (κ1) is 9.44. The van der Waals surface area contributed by atoms with E-state index in [1.54, 1.807) is 6.07 Å². The van der Waals surface area contributed by atoms with Gasteiger partial charge in [0.2, 0.25) is 0 Å². The van der Waals surface area contributed by atoms with Crippen LogP contribution in [0.15, 0.2) is 24.3 Å². The number of carbonyl (C=O) groups is 1. The molecule has 0 amide bonds. The van der Waals surface area contributed by atoms with Crippen molar-refractivity contribution in [2.75, 3.05) is 5.73 Å². The van der Waals surface area contributed by atoms with Gasteiger partial charge in [-0.1, -0.05) is 6.07 Å². The number of benzene rings is 1. The van der Waals surface area contributed by atoms with E-state index in [1.165, 1.54) is 18.2 Å². The SMILES string of the molecule is Nc1cccc(C(=O)OC(F)F)c1. The minimum Gasteiger partial charge on any atom is -0.399 e. The van der Waals surface area contributed by atoms with Crippen molar-refractivity contribution in [1.82, 2.24) is 0 Å². The monoisotopic (exact) mass is 187 g/mol. The van der Waals surface area contributed by atoms with Gasteiger partial charge in [-0.05, 0) is 18.2 Å². The summed E-state index contributed by atoms with van der Waals surface area (Å²) in [6.45, 7) is -3.10. The Morgan fingerprint density at radius 3 is 2.69 bits per heavy atom. The minimum absolute atomic E-state index is 0.0142. The maximum atomic E-state index is 11.6. The summed E-state index contributed by atoms with van der Waals surface area (Å²) in [6, 6.07) is 5.64. The first-order valence-electron chi connectivity index (χ1n) is 3.44. The van der Waals surface area contributed by atoms with Crippen LogP contribution in [0.4, 0.5) is 14.5 Å². The van der Waals surface area contributed by atoms with Crippen LogP contribution in [0.5, 0.6) is 0 Å². The normalized spacial score (nSPS) is 10.1. The summed E-state index contributed by atoms with van der Waals surface area (Å²) in [5.41, 5.74) is 5.67. The molecule has 0 saturated heterocycles. The van der Waals surface area contributed by atoms with Gasteiger partial charge in [-0.3, -0.25) is 0 Å². The first-order chi connectivity index (χ1) is 6.09. The van der Waals surface area contributed by atoms with E-state index in [0.717, 1.165) is 0 Å². The molecule has 1 rings (SSSR count). The third-order valence-corrected chi connectivity index (χ3v) is 1.32. The number of halogens is 2. The average Bonchev–Trinajstić information content (AvgIpc) is 2.03. The van der Waals surface area contributed by atoms with Crippen LogP contribution < -0.4 is 5.73 Å². The van der Waals surface area contributed by atoms with Crippen LogP contribution in [0, 0.1) is 0 Å². The molecule has 0 radical (unpaired) electrons. The lowest BCUT2D eigenvalue weighted by molar-refractivity contribution is -0.0906. The minimum atomic E-state index is -3.10. The summed E-state index contributed by atoms with van der Waals surface area (Å²) in [5, 5.41) is 0. The molecule has 0 aliphatic carbocycles. The van der Waals surface area contributed by atoms with Crippen LogP contribution >= 0.6 is 0 Å². The van der Waals surface area contributed by atoms with Crippen LogP contribution in [-0.2, 0) is 4.74 Å². The molecule has 0 unspecified atom stereocenters.